The van der Waals surface area contributed by atoms with Crippen LogP contribution in [0.4, 0.5) is 5.69 Å². The summed E-state index contributed by atoms with van der Waals surface area (Å²) in [5.74, 6) is 0.0850. The van der Waals surface area contributed by atoms with E-state index in [4.69, 9.17) is 4.74 Å². The Hall–Kier alpha value is -1.55. The second-order valence-electron chi connectivity index (χ2n) is 5.13. The summed E-state index contributed by atoms with van der Waals surface area (Å²) >= 11 is 0. The Bertz CT molecular complexity index is 457. The van der Waals surface area contributed by atoms with Crippen LogP contribution in [0, 0.1) is 0 Å². The summed E-state index contributed by atoms with van der Waals surface area (Å²) in [6, 6.07) is 6.10. The summed E-state index contributed by atoms with van der Waals surface area (Å²) in [5.41, 5.74) is 3.16. The Morgan fingerprint density at radius 2 is 2.26 bits per heavy atom. The Morgan fingerprint density at radius 3 is 2.95 bits per heavy atom. The first kappa shape index (κ1) is 13.9. The quantitative estimate of drug-likeness (QED) is 0.884. The molecule has 0 saturated carbocycles. The van der Waals surface area contributed by atoms with Crippen LogP contribution in [0.1, 0.15) is 29.8 Å². The van der Waals surface area contributed by atoms with E-state index in [-0.39, 0.29) is 11.9 Å². The molecule has 1 heterocycles. The fraction of sp³-hybridized carbons (Fsp3) is 0.533. The zero-order chi connectivity index (χ0) is 13.8. The van der Waals surface area contributed by atoms with E-state index in [1.807, 2.05) is 36.9 Å². The number of carbonyl (C=O) groups excluding carboxylic acids is 1. The maximum absolute atomic E-state index is 12.5. The molecule has 0 aromatic heterocycles. The van der Waals surface area contributed by atoms with Gasteiger partial charge in [-0.15, -0.1) is 0 Å². The van der Waals surface area contributed by atoms with Gasteiger partial charge >= 0.3 is 0 Å². The number of rotatable bonds is 5. The van der Waals surface area contributed by atoms with E-state index in [9.17, 15) is 4.79 Å². The summed E-state index contributed by atoms with van der Waals surface area (Å²) in [5, 5.41) is 3.31. The normalized spacial score (nSPS) is 13.3. The van der Waals surface area contributed by atoms with Crippen molar-refractivity contribution >= 4 is 11.6 Å². The number of nitrogens with one attached hydrogen (secondary N) is 1. The van der Waals surface area contributed by atoms with Gasteiger partial charge in [0.15, 0.2) is 0 Å². The highest BCUT2D eigenvalue weighted by atomic mass is 16.5. The standard InChI is InChI=1S/C15H22N2O2/c1-11(2)17(8-9-19-3)15(18)13-4-5-14-12(10-13)6-7-16-14/h4-5,10-11,16H,6-9H2,1-3H3. The van der Waals surface area contributed by atoms with Crippen LogP contribution in [-0.2, 0) is 11.2 Å². The Morgan fingerprint density at radius 1 is 1.47 bits per heavy atom. The van der Waals surface area contributed by atoms with Gasteiger partial charge in [0.05, 0.1) is 6.61 Å². The van der Waals surface area contributed by atoms with Gasteiger partial charge in [-0.2, -0.15) is 0 Å². The lowest BCUT2D eigenvalue weighted by atomic mass is 10.1. The maximum Gasteiger partial charge on any atom is 0.254 e. The number of fused-ring (bicyclic) bond motifs is 1. The molecule has 0 atom stereocenters. The molecule has 1 aliphatic heterocycles. The number of amides is 1. The molecular weight excluding hydrogens is 240 g/mol. The number of methoxy groups -OCH3 is 1. The van der Waals surface area contributed by atoms with Crippen molar-refractivity contribution in [2.45, 2.75) is 26.3 Å². The van der Waals surface area contributed by atoms with Crippen LogP contribution in [0.15, 0.2) is 18.2 Å². The predicted molar refractivity (Wildman–Crippen MR) is 76.7 cm³/mol. The highest BCUT2D eigenvalue weighted by Crippen LogP contribution is 2.23. The SMILES string of the molecule is COCCN(C(=O)c1ccc2c(c1)CCN2)C(C)C. The molecule has 2 rings (SSSR count). The van der Waals surface area contributed by atoms with Gasteiger partial charge < -0.3 is 15.0 Å². The summed E-state index contributed by atoms with van der Waals surface area (Å²) < 4.78 is 5.08. The van der Waals surface area contributed by atoms with E-state index < -0.39 is 0 Å². The zero-order valence-electron chi connectivity index (χ0n) is 11.9. The fourth-order valence-electron chi connectivity index (χ4n) is 2.39. The van der Waals surface area contributed by atoms with Crippen molar-refractivity contribution in [2.75, 3.05) is 32.1 Å². The maximum atomic E-state index is 12.5. The van der Waals surface area contributed by atoms with Gasteiger partial charge in [-0.25, -0.2) is 0 Å². The van der Waals surface area contributed by atoms with Crippen LogP contribution in [0.2, 0.25) is 0 Å². The van der Waals surface area contributed by atoms with E-state index in [0.717, 1.165) is 24.2 Å². The molecule has 1 amide bonds. The van der Waals surface area contributed by atoms with Crippen LogP contribution < -0.4 is 5.32 Å². The van der Waals surface area contributed by atoms with Crippen molar-refractivity contribution in [1.29, 1.82) is 0 Å². The molecule has 0 fully saturated rings. The largest absolute Gasteiger partial charge is 0.384 e. The van der Waals surface area contributed by atoms with Crippen LogP contribution in [-0.4, -0.2) is 43.7 Å². The van der Waals surface area contributed by atoms with Gasteiger partial charge in [0.1, 0.15) is 0 Å². The third kappa shape index (κ3) is 3.07. The number of hydrogen-bond acceptors (Lipinski definition) is 3. The highest BCUT2D eigenvalue weighted by Gasteiger charge is 2.20. The molecule has 4 nitrogen and oxygen atoms in total. The van der Waals surface area contributed by atoms with E-state index in [2.05, 4.69) is 5.32 Å². The van der Waals surface area contributed by atoms with Crippen LogP contribution in [0.25, 0.3) is 0 Å². The first-order valence-electron chi connectivity index (χ1n) is 6.80. The number of hydrogen-bond donors (Lipinski definition) is 1. The van der Waals surface area contributed by atoms with Crippen molar-refractivity contribution in [3.8, 4) is 0 Å². The monoisotopic (exact) mass is 262 g/mol. The molecular formula is C15H22N2O2. The van der Waals surface area contributed by atoms with Crippen molar-refractivity contribution in [1.82, 2.24) is 4.90 Å². The zero-order valence-corrected chi connectivity index (χ0v) is 11.9. The van der Waals surface area contributed by atoms with Crippen LogP contribution in [0.5, 0.6) is 0 Å². The van der Waals surface area contributed by atoms with E-state index >= 15 is 0 Å². The van der Waals surface area contributed by atoms with Crippen molar-refractivity contribution in [2.24, 2.45) is 0 Å². The van der Waals surface area contributed by atoms with E-state index in [1.165, 1.54) is 5.56 Å². The second-order valence-corrected chi connectivity index (χ2v) is 5.13. The number of benzene rings is 1. The smallest absolute Gasteiger partial charge is 0.254 e. The number of carbonyl (C=O) groups is 1. The molecule has 0 radical (unpaired) electrons. The molecule has 1 N–H and O–H groups in total. The minimum absolute atomic E-state index is 0.0850. The average Bonchev–Trinajstić information content (AvgIpc) is 2.85. The molecule has 104 valence electrons. The molecule has 0 unspecified atom stereocenters. The number of ether oxygens (including phenoxy) is 1. The van der Waals surface area contributed by atoms with Gasteiger partial charge in [-0.3, -0.25) is 4.79 Å². The minimum Gasteiger partial charge on any atom is -0.384 e. The molecule has 0 aliphatic carbocycles. The Balaban J connectivity index is 2.16. The Kier molecular flexibility index (Phi) is 4.43. The summed E-state index contributed by atoms with van der Waals surface area (Å²) in [6.07, 6.45) is 0.996. The number of anilines is 1. The molecule has 1 aliphatic rings. The molecule has 0 bridgehead atoms. The molecule has 0 spiro atoms. The summed E-state index contributed by atoms with van der Waals surface area (Å²) in [6.45, 7) is 6.22. The van der Waals surface area contributed by atoms with Crippen molar-refractivity contribution in [3.63, 3.8) is 0 Å². The topological polar surface area (TPSA) is 41.6 Å². The minimum atomic E-state index is 0.0850. The molecule has 0 saturated heterocycles. The first-order valence-corrected chi connectivity index (χ1v) is 6.80. The van der Waals surface area contributed by atoms with Crippen LogP contribution in [0.3, 0.4) is 0 Å². The predicted octanol–water partition coefficient (Wildman–Crippen LogP) is 2.15. The van der Waals surface area contributed by atoms with Gasteiger partial charge in [0, 0.05) is 37.5 Å². The van der Waals surface area contributed by atoms with Crippen molar-refractivity contribution in [3.05, 3.63) is 29.3 Å². The average molecular weight is 262 g/mol. The highest BCUT2D eigenvalue weighted by molar-refractivity contribution is 5.95. The molecule has 19 heavy (non-hydrogen) atoms. The summed E-state index contributed by atoms with van der Waals surface area (Å²) in [4.78, 5) is 14.4. The van der Waals surface area contributed by atoms with Gasteiger partial charge in [-0.05, 0) is 44.0 Å². The second kappa shape index (κ2) is 6.06. The fourth-order valence-corrected chi connectivity index (χ4v) is 2.39. The van der Waals surface area contributed by atoms with Crippen molar-refractivity contribution < 1.29 is 9.53 Å². The van der Waals surface area contributed by atoms with Gasteiger partial charge in [-0.1, -0.05) is 0 Å². The third-order valence-corrected chi connectivity index (χ3v) is 3.48. The molecule has 1 aromatic carbocycles. The lowest BCUT2D eigenvalue weighted by Crippen LogP contribution is -2.39. The molecule has 4 heteroatoms. The lowest BCUT2D eigenvalue weighted by Gasteiger charge is -2.26. The Labute approximate surface area is 114 Å². The summed E-state index contributed by atoms with van der Waals surface area (Å²) in [7, 11) is 1.66. The number of nitrogens with zero attached hydrogens (tertiary/aromatic N) is 1. The third-order valence-electron chi connectivity index (χ3n) is 3.48. The first-order chi connectivity index (χ1) is 9.13. The van der Waals surface area contributed by atoms with E-state index in [1.54, 1.807) is 7.11 Å². The molecule has 1 aromatic rings. The lowest BCUT2D eigenvalue weighted by molar-refractivity contribution is 0.0635. The van der Waals surface area contributed by atoms with Crippen LogP contribution >= 0.6 is 0 Å². The van der Waals surface area contributed by atoms with Gasteiger partial charge in [0.2, 0.25) is 0 Å². The van der Waals surface area contributed by atoms with Gasteiger partial charge in [0.25, 0.3) is 5.91 Å². The van der Waals surface area contributed by atoms with E-state index in [0.29, 0.717) is 13.2 Å².